The van der Waals surface area contributed by atoms with Gasteiger partial charge in [-0.15, -0.1) is 15.3 Å². The van der Waals surface area contributed by atoms with Crippen LogP contribution >= 0.6 is 0 Å². The summed E-state index contributed by atoms with van der Waals surface area (Å²) in [7, 11) is 0. The fraction of sp³-hybridized carbons (Fsp3) is 0.526. The number of nitrogens with zero attached hydrogens (tertiary/aromatic N) is 8. The smallest absolute Gasteiger partial charge is 0.225 e. The number of hydrogen-bond donors (Lipinski definition) is 0. The van der Waals surface area contributed by atoms with E-state index < -0.39 is 0 Å². The summed E-state index contributed by atoms with van der Waals surface area (Å²) in [6.07, 6.45) is 3.26. The Morgan fingerprint density at radius 1 is 0.889 bits per heavy atom. The number of anilines is 2. The number of hydrogen-bond acceptors (Lipinski definition) is 7. The normalized spacial score (nSPS) is 18.1. The van der Waals surface area contributed by atoms with Gasteiger partial charge in [-0.25, -0.2) is 9.97 Å². The van der Waals surface area contributed by atoms with Crippen LogP contribution in [0, 0.1) is 13.8 Å². The van der Waals surface area contributed by atoms with Crippen molar-refractivity contribution >= 4 is 17.4 Å². The molecule has 8 heteroatoms. The van der Waals surface area contributed by atoms with Crippen LogP contribution in [0.2, 0.25) is 0 Å². The van der Waals surface area contributed by atoms with Gasteiger partial charge in [0, 0.05) is 43.5 Å². The molecule has 5 heterocycles. The SMILES string of the molecule is Cc1cc(C)nc(N2CCC(c3nnc4ccc(N5CCC5)nn34)CC2)n1. The predicted molar refractivity (Wildman–Crippen MR) is 103 cm³/mol. The fourth-order valence-electron chi connectivity index (χ4n) is 3.95. The zero-order valence-electron chi connectivity index (χ0n) is 15.8. The molecule has 2 fully saturated rings. The first-order valence-electron chi connectivity index (χ1n) is 9.72. The van der Waals surface area contributed by atoms with Crippen molar-refractivity contribution in [1.29, 1.82) is 0 Å². The minimum Gasteiger partial charge on any atom is -0.355 e. The Kier molecular flexibility index (Phi) is 3.91. The van der Waals surface area contributed by atoms with E-state index >= 15 is 0 Å². The molecule has 8 nitrogen and oxygen atoms in total. The third-order valence-corrected chi connectivity index (χ3v) is 5.57. The molecule has 2 aliphatic heterocycles. The Balaban J connectivity index is 1.36. The van der Waals surface area contributed by atoms with Gasteiger partial charge >= 0.3 is 0 Å². The van der Waals surface area contributed by atoms with Crippen LogP contribution in [0.3, 0.4) is 0 Å². The van der Waals surface area contributed by atoms with Gasteiger partial charge in [-0.1, -0.05) is 0 Å². The molecule has 0 aliphatic carbocycles. The Morgan fingerprint density at radius 3 is 2.30 bits per heavy atom. The quantitative estimate of drug-likeness (QED) is 0.705. The van der Waals surface area contributed by atoms with Crippen molar-refractivity contribution in [2.75, 3.05) is 36.0 Å². The average Bonchev–Trinajstić information content (AvgIpc) is 3.03. The van der Waals surface area contributed by atoms with Crippen LogP contribution in [0.1, 0.15) is 42.4 Å². The second-order valence-electron chi connectivity index (χ2n) is 7.57. The van der Waals surface area contributed by atoms with Crippen molar-refractivity contribution < 1.29 is 0 Å². The second kappa shape index (κ2) is 6.44. The predicted octanol–water partition coefficient (Wildman–Crippen LogP) is 2.13. The van der Waals surface area contributed by atoms with E-state index in [2.05, 4.69) is 30.0 Å². The van der Waals surface area contributed by atoms with E-state index in [0.717, 1.165) is 73.6 Å². The van der Waals surface area contributed by atoms with Gasteiger partial charge in [-0.2, -0.15) is 4.52 Å². The average molecular weight is 364 g/mol. The molecular formula is C19H24N8. The summed E-state index contributed by atoms with van der Waals surface area (Å²) in [5.74, 6) is 3.21. The molecule has 0 bridgehead atoms. The highest BCUT2D eigenvalue weighted by atomic mass is 15.4. The van der Waals surface area contributed by atoms with Gasteiger partial charge in [0.05, 0.1) is 0 Å². The first-order valence-corrected chi connectivity index (χ1v) is 9.72. The van der Waals surface area contributed by atoms with E-state index in [1.165, 1.54) is 6.42 Å². The largest absolute Gasteiger partial charge is 0.355 e. The van der Waals surface area contributed by atoms with Crippen LogP contribution in [0.5, 0.6) is 0 Å². The van der Waals surface area contributed by atoms with Crippen LogP contribution in [0.15, 0.2) is 18.2 Å². The number of aromatic nitrogens is 6. The summed E-state index contributed by atoms with van der Waals surface area (Å²) in [5, 5.41) is 13.6. The highest BCUT2D eigenvalue weighted by Gasteiger charge is 2.27. The van der Waals surface area contributed by atoms with Gasteiger partial charge in [0.2, 0.25) is 5.95 Å². The number of aryl methyl sites for hydroxylation is 2. The standard InChI is InChI=1S/C19H24N8/c1-13-12-14(2)21-19(20-13)26-10-6-15(7-11-26)18-23-22-16-4-5-17(24-27(16)18)25-8-3-9-25/h4-5,12,15H,3,6-11H2,1-2H3. The van der Waals surface area contributed by atoms with E-state index in [9.17, 15) is 0 Å². The number of fused-ring (bicyclic) bond motifs is 1. The maximum Gasteiger partial charge on any atom is 0.225 e. The monoisotopic (exact) mass is 364 g/mol. The molecule has 27 heavy (non-hydrogen) atoms. The van der Waals surface area contributed by atoms with Crippen molar-refractivity contribution in [2.24, 2.45) is 0 Å². The molecule has 0 saturated carbocycles. The van der Waals surface area contributed by atoms with Gasteiger partial charge < -0.3 is 9.80 Å². The first-order chi connectivity index (χ1) is 13.2. The lowest BCUT2D eigenvalue weighted by atomic mass is 9.96. The van der Waals surface area contributed by atoms with Gasteiger partial charge in [0.15, 0.2) is 11.5 Å². The molecule has 2 aliphatic rings. The minimum atomic E-state index is 0.362. The molecule has 140 valence electrons. The van der Waals surface area contributed by atoms with E-state index in [1.54, 1.807) is 0 Å². The highest BCUT2D eigenvalue weighted by Crippen LogP contribution is 2.29. The third kappa shape index (κ3) is 2.98. The van der Waals surface area contributed by atoms with Gasteiger partial charge in [-0.3, -0.25) is 0 Å². The first kappa shape index (κ1) is 16.4. The Bertz CT molecular complexity index is 949. The maximum absolute atomic E-state index is 4.81. The van der Waals surface area contributed by atoms with Gasteiger partial charge in [0.1, 0.15) is 5.82 Å². The Morgan fingerprint density at radius 2 is 1.63 bits per heavy atom. The van der Waals surface area contributed by atoms with Crippen molar-refractivity contribution in [2.45, 2.75) is 39.0 Å². The molecule has 0 amide bonds. The molecule has 5 rings (SSSR count). The van der Waals surface area contributed by atoms with E-state index in [-0.39, 0.29) is 0 Å². The van der Waals surface area contributed by atoms with Crippen molar-refractivity contribution in [3.63, 3.8) is 0 Å². The topological polar surface area (TPSA) is 75.3 Å². The maximum atomic E-state index is 4.81. The Hall–Kier alpha value is -2.77. The molecule has 0 aromatic carbocycles. The number of piperidine rings is 1. The lowest BCUT2D eigenvalue weighted by Crippen LogP contribution is -2.38. The fourth-order valence-corrected chi connectivity index (χ4v) is 3.95. The van der Waals surface area contributed by atoms with Crippen LogP contribution in [-0.4, -0.2) is 56.0 Å². The lowest BCUT2D eigenvalue weighted by Gasteiger charge is -2.32. The van der Waals surface area contributed by atoms with Crippen LogP contribution in [-0.2, 0) is 0 Å². The molecule has 0 spiro atoms. The zero-order valence-corrected chi connectivity index (χ0v) is 15.8. The summed E-state index contributed by atoms with van der Waals surface area (Å²) in [4.78, 5) is 13.8. The third-order valence-electron chi connectivity index (χ3n) is 5.57. The molecule has 0 unspecified atom stereocenters. The zero-order chi connectivity index (χ0) is 18.4. The lowest BCUT2D eigenvalue weighted by molar-refractivity contribution is 0.471. The molecule has 2 saturated heterocycles. The van der Waals surface area contributed by atoms with Crippen LogP contribution in [0.4, 0.5) is 11.8 Å². The molecule has 3 aromatic heterocycles. The summed E-state index contributed by atoms with van der Waals surface area (Å²) >= 11 is 0. The van der Waals surface area contributed by atoms with Crippen LogP contribution in [0.25, 0.3) is 5.65 Å². The molecule has 0 radical (unpaired) electrons. The van der Waals surface area contributed by atoms with E-state index in [0.29, 0.717) is 5.92 Å². The summed E-state index contributed by atoms with van der Waals surface area (Å²) < 4.78 is 1.95. The molecular weight excluding hydrogens is 340 g/mol. The van der Waals surface area contributed by atoms with Gasteiger partial charge in [-0.05, 0) is 51.3 Å². The summed E-state index contributed by atoms with van der Waals surface area (Å²) in [6, 6.07) is 6.09. The molecule has 0 atom stereocenters. The van der Waals surface area contributed by atoms with Crippen molar-refractivity contribution in [3.05, 3.63) is 35.4 Å². The summed E-state index contributed by atoms with van der Waals surface area (Å²) in [6.45, 7) is 8.07. The Labute approximate surface area is 158 Å². The van der Waals surface area contributed by atoms with Crippen molar-refractivity contribution in [3.8, 4) is 0 Å². The van der Waals surface area contributed by atoms with E-state index in [4.69, 9.17) is 5.10 Å². The van der Waals surface area contributed by atoms with Gasteiger partial charge in [0.25, 0.3) is 0 Å². The molecule has 3 aromatic rings. The second-order valence-corrected chi connectivity index (χ2v) is 7.57. The minimum absolute atomic E-state index is 0.362. The van der Waals surface area contributed by atoms with Crippen molar-refractivity contribution in [1.82, 2.24) is 29.8 Å². The summed E-state index contributed by atoms with van der Waals surface area (Å²) in [5.41, 5.74) is 2.87. The molecule has 0 N–H and O–H groups in total. The van der Waals surface area contributed by atoms with Crippen LogP contribution < -0.4 is 9.80 Å². The highest BCUT2D eigenvalue weighted by molar-refractivity contribution is 5.47. The number of rotatable bonds is 3. The van der Waals surface area contributed by atoms with E-state index in [1.807, 2.05) is 36.6 Å².